The summed E-state index contributed by atoms with van der Waals surface area (Å²) in [6.07, 6.45) is 1.32. The average molecular weight is 297 g/mol. The number of thioether (sulfide) groups is 1. The molecule has 1 saturated heterocycles. The van der Waals surface area contributed by atoms with E-state index in [1.807, 2.05) is 23.9 Å². The summed E-state index contributed by atoms with van der Waals surface area (Å²) in [5.41, 5.74) is 1.09. The summed E-state index contributed by atoms with van der Waals surface area (Å²) < 4.78 is 16.1. The van der Waals surface area contributed by atoms with Gasteiger partial charge in [0.1, 0.15) is 5.75 Å². The fraction of sp³-hybridized carbons (Fsp3) is 0.600. The van der Waals surface area contributed by atoms with Crippen LogP contribution in [0.5, 0.6) is 17.2 Å². The van der Waals surface area contributed by atoms with Gasteiger partial charge in [-0.3, -0.25) is 0 Å². The first kappa shape index (κ1) is 15.3. The largest absolute Gasteiger partial charge is 0.496 e. The van der Waals surface area contributed by atoms with E-state index in [-0.39, 0.29) is 0 Å². The van der Waals surface area contributed by atoms with Crippen molar-refractivity contribution in [3.8, 4) is 17.2 Å². The van der Waals surface area contributed by atoms with Gasteiger partial charge >= 0.3 is 0 Å². The molecule has 4 nitrogen and oxygen atoms in total. The summed E-state index contributed by atoms with van der Waals surface area (Å²) in [4.78, 5) is 0. The second-order valence-electron chi connectivity index (χ2n) is 4.88. The highest BCUT2D eigenvalue weighted by Crippen LogP contribution is 2.34. The fourth-order valence-electron chi connectivity index (χ4n) is 2.39. The van der Waals surface area contributed by atoms with E-state index >= 15 is 0 Å². The molecule has 0 amide bonds. The monoisotopic (exact) mass is 297 g/mol. The molecule has 0 radical (unpaired) electrons. The lowest BCUT2D eigenvalue weighted by molar-refractivity contribution is 0.347. The van der Waals surface area contributed by atoms with E-state index < -0.39 is 0 Å². The van der Waals surface area contributed by atoms with Crippen molar-refractivity contribution in [2.24, 2.45) is 5.92 Å². The maximum atomic E-state index is 5.43. The molecule has 0 spiro atoms. The lowest BCUT2D eigenvalue weighted by Crippen LogP contribution is -2.22. The van der Waals surface area contributed by atoms with Crippen LogP contribution in [-0.4, -0.2) is 39.4 Å². The molecule has 1 aromatic rings. The number of nitrogens with one attached hydrogen (secondary N) is 1. The third-order valence-corrected chi connectivity index (χ3v) is 4.79. The minimum atomic E-state index is 0.695. The van der Waals surface area contributed by atoms with Crippen LogP contribution in [0.15, 0.2) is 12.1 Å². The van der Waals surface area contributed by atoms with E-state index in [0.717, 1.165) is 36.1 Å². The first-order valence-electron chi connectivity index (χ1n) is 6.85. The first-order chi connectivity index (χ1) is 9.78. The van der Waals surface area contributed by atoms with Crippen LogP contribution in [0.25, 0.3) is 0 Å². The Morgan fingerprint density at radius 1 is 1.10 bits per heavy atom. The molecule has 0 bridgehead atoms. The molecule has 1 atom stereocenters. The van der Waals surface area contributed by atoms with Gasteiger partial charge in [0.2, 0.25) is 0 Å². The number of rotatable bonds is 7. The summed E-state index contributed by atoms with van der Waals surface area (Å²) in [6, 6.07) is 3.86. The second kappa shape index (κ2) is 7.64. The van der Waals surface area contributed by atoms with E-state index in [2.05, 4.69) is 5.32 Å². The van der Waals surface area contributed by atoms with Crippen molar-refractivity contribution < 1.29 is 14.2 Å². The smallest absolute Gasteiger partial charge is 0.164 e. The van der Waals surface area contributed by atoms with Crippen molar-refractivity contribution in [3.05, 3.63) is 17.7 Å². The minimum Gasteiger partial charge on any atom is -0.496 e. The SMILES string of the molecule is COc1cc(OC)c(OC)cc1CNCC1CCSC1. The molecular weight excluding hydrogens is 274 g/mol. The summed E-state index contributed by atoms with van der Waals surface area (Å²) in [6.45, 7) is 1.84. The second-order valence-corrected chi connectivity index (χ2v) is 6.03. The molecule has 1 fully saturated rings. The zero-order chi connectivity index (χ0) is 14.4. The third kappa shape index (κ3) is 3.73. The molecule has 1 unspecified atom stereocenters. The Morgan fingerprint density at radius 2 is 1.80 bits per heavy atom. The van der Waals surface area contributed by atoms with Gasteiger partial charge in [0, 0.05) is 18.2 Å². The van der Waals surface area contributed by atoms with Crippen molar-refractivity contribution in [3.63, 3.8) is 0 Å². The van der Waals surface area contributed by atoms with Crippen LogP contribution in [0.1, 0.15) is 12.0 Å². The average Bonchev–Trinajstić information content (AvgIpc) is 2.99. The molecule has 1 aliphatic heterocycles. The third-order valence-electron chi connectivity index (χ3n) is 3.56. The predicted molar refractivity (Wildman–Crippen MR) is 83.2 cm³/mol. The summed E-state index contributed by atoms with van der Waals surface area (Å²) in [5.74, 6) is 5.63. The molecule has 0 aliphatic carbocycles. The number of ether oxygens (including phenoxy) is 3. The molecule has 1 aromatic carbocycles. The minimum absolute atomic E-state index is 0.695. The zero-order valence-electron chi connectivity index (χ0n) is 12.4. The molecule has 5 heteroatoms. The van der Waals surface area contributed by atoms with Gasteiger partial charge in [0.25, 0.3) is 0 Å². The highest BCUT2D eigenvalue weighted by atomic mass is 32.2. The van der Waals surface area contributed by atoms with Crippen LogP contribution in [-0.2, 0) is 6.54 Å². The fourth-order valence-corrected chi connectivity index (χ4v) is 3.67. The summed E-state index contributed by atoms with van der Waals surface area (Å²) in [7, 11) is 4.96. The highest BCUT2D eigenvalue weighted by Gasteiger charge is 2.16. The van der Waals surface area contributed by atoms with Gasteiger partial charge in [-0.1, -0.05) is 0 Å². The van der Waals surface area contributed by atoms with Crippen LogP contribution in [0.2, 0.25) is 0 Å². The van der Waals surface area contributed by atoms with Crippen molar-refractivity contribution >= 4 is 11.8 Å². The van der Waals surface area contributed by atoms with Crippen LogP contribution in [0, 0.1) is 5.92 Å². The normalized spacial score (nSPS) is 18.1. The zero-order valence-corrected chi connectivity index (χ0v) is 13.2. The molecule has 2 rings (SSSR count). The molecule has 1 aliphatic rings. The lowest BCUT2D eigenvalue weighted by Gasteiger charge is -2.15. The Morgan fingerprint density at radius 3 is 2.40 bits per heavy atom. The standard InChI is InChI=1S/C15H23NO3S/c1-17-13-7-15(19-3)14(18-2)6-12(13)9-16-8-11-4-5-20-10-11/h6-7,11,16H,4-5,8-10H2,1-3H3. The molecule has 20 heavy (non-hydrogen) atoms. The Balaban J connectivity index is 2.01. The van der Waals surface area contributed by atoms with Gasteiger partial charge < -0.3 is 19.5 Å². The topological polar surface area (TPSA) is 39.7 Å². The maximum Gasteiger partial charge on any atom is 0.164 e. The van der Waals surface area contributed by atoms with E-state index in [1.165, 1.54) is 17.9 Å². The number of hydrogen-bond donors (Lipinski definition) is 1. The van der Waals surface area contributed by atoms with Crippen molar-refractivity contribution in [1.82, 2.24) is 5.32 Å². The van der Waals surface area contributed by atoms with E-state index in [1.54, 1.807) is 21.3 Å². The van der Waals surface area contributed by atoms with Crippen molar-refractivity contribution in [2.45, 2.75) is 13.0 Å². The van der Waals surface area contributed by atoms with E-state index in [9.17, 15) is 0 Å². The quantitative estimate of drug-likeness (QED) is 0.837. The summed E-state index contributed by atoms with van der Waals surface area (Å²) >= 11 is 2.05. The van der Waals surface area contributed by atoms with Gasteiger partial charge in [-0.15, -0.1) is 0 Å². The Bertz CT molecular complexity index is 433. The maximum absolute atomic E-state index is 5.43. The first-order valence-corrected chi connectivity index (χ1v) is 8.01. The number of benzene rings is 1. The van der Waals surface area contributed by atoms with Gasteiger partial charge in [0.05, 0.1) is 21.3 Å². The molecule has 0 aromatic heterocycles. The summed E-state index contributed by atoms with van der Waals surface area (Å²) in [5, 5.41) is 3.52. The van der Waals surface area contributed by atoms with Gasteiger partial charge in [0.15, 0.2) is 11.5 Å². The Labute approximate surface area is 125 Å². The van der Waals surface area contributed by atoms with Crippen molar-refractivity contribution in [2.75, 3.05) is 39.4 Å². The molecule has 1 N–H and O–H groups in total. The number of hydrogen-bond acceptors (Lipinski definition) is 5. The molecular formula is C15H23NO3S. The Hall–Kier alpha value is -1.07. The van der Waals surface area contributed by atoms with Gasteiger partial charge in [-0.05, 0) is 36.5 Å². The van der Waals surface area contributed by atoms with Crippen LogP contribution in [0.3, 0.4) is 0 Å². The van der Waals surface area contributed by atoms with Gasteiger partial charge in [-0.25, -0.2) is 0 Å². The molecule has 1 heterocycles. The molecule has 112 valence electrons. The Kier molecular flexibility index (Phi) is 5.86. The van der Waals surface area contributed by atoms with Crippen LogP contribution < -0.4 is 19.5 Å². The molecule has 0 saturated carbocycles. The van der Waals surface area contributed by atoms with E-state index in [4.69, 9.17) is 14.2 Å². The van der Waals surface area contributed by atoms with E-state index in [0.29, 0.717) is 5.75 Å². The predicted octanol–water partition coefficient (Wildman–Crippen LogP) is 2.56. The number of methoxy groups -OCH3 is 3. The van der Waals surface area contributed by atoms with Crippen LogP contribution >= 0.6 is 11.8 Å². The van der Waals surface area contributed by atoms with Gasteiger partial charge in [-0.2, -0.15) is 11.8 Å². The lowest BCUT2D eigenvalue weighted by atomic mass is 10.1. The van der Waals surface area contributed by atoms with Crippen LogP contribution in [0.4, 0.5) is 0 Å². The van der Waals surface area contributed by atoms with Crippen molar-refractivity contribution in [1.29, 1.82) is 0 Å². The highest BCUT2D eigenvalue weighted by molar-refractivity contribution is 7.99.